The van der Waals surface area contributed by atoms with Crippen LogP contribution >= 0.6 is 0 Å². The summed E-state index contributed by atoms with van der Waals surface area (Å²) in [6.45, 7) is 5.01. The fraction of sp³-hybridized carbons (Fsp3) is 0.391. The molecule has 4 rings (SSSR count). The second-order valence-corrected chi connectivity index (χ2v) is 7.76. The molecule has 0 bridgehead atoms. The Morgan fingerprint density at radius 1 is 1.20 bits per heavy atom. The van der Waals surface area contributed by atoms with Crippen LogP contribution in [0.2, 0.25) is 0 Å². The fourth-order valence-electron chi connectivity index (χ4n) is 3.61. The van der Waals surface area contributed by atoms with Gasteiger partial charge in [0.05, 0.1) is 19.4 Å². The van der Waals surface area contributed by atoms with Crippen molar-refractivity contribution < 1.29 is 23.8 Å². The molecule has 2 aliphatic rings. The minimum absolute atomic E-state index is 0.0814. The molecule has 2 aromatic rings. The average Bonchev–Trinajstić information content (AvgIpc) is 3.41. The third-order valence-corrected chi connectivity index (χ3v) is 5.18. The number of fused-ring (bicyclic) bond motifs is 1. The smallest absolute Gasteiger partial charge is 0.231 e. The molecule has 1 atom stereocenters. The van der Waals surface area contributed by atoms with Crippen molar-refractivity contribution in [1.29, 1.82) is 0 Å². The molecule has 0 saturated carbocycles. The van der Waals surface area contributed by atoms with Gasteiger partial charge < -0.3 is 23.9 Å². The molecule has 0 saturated heterocycles. The van der Waals surface area contributed by atoms with Gasteiger partial charge in [-0.25, -0.2) is 0 Å². The number of hydrogen-bond acceptors (Lipinski definition) is 6. The second-order valence-electron chi connectivity index (χ2n) is 7.76. The summed E-state index contributed by atoms with van der Waals surface area (Å²) >= 11 is 0. The van der Waals surface area contributed by atoms with E-state index in [0.717, 1.165) is 28.3 Å². The molecule has 7 heteroatoms. The predicted octanol–water partition coefficient (Wildman–Crippen LogP) is 3.60. The van der Waals surface area contributed by atoms with E-state index in [2.05, 4.69) is 5.16 Å². The highest BCUT2D eigenvalue weighted by molar-refractivity contribution is 6.01. The lowest BCUT2D eigenvalue weighted by Gasteiger charge is -2.26. The molecule has 0 aliphatic carbocycles. The largest absolute Gasteiger partial charge is 0.497 e. The third kappa shape index (κ3) is 4.35. The van der Waals surface area contributed by atoms with Gasteiger partial charge in [0.15, 0.2) is 17.6 Å². The van der Waals surface area contributed by atoms with Crippen molar-refractivity contribution in [3.8, 4) is 17.2 Å². The van der Waals surface area contributed by atoms with E-state index in [4.69, 9.17) is 19.0 Å². The topological polar surface area (TPSA) is 69.6 Å². The summed E-state index contributed by atoms with van der Waals surface area (Å²) in [6, 6.07) is 13.5. The summed E-state index contributed by atoms with van der Waals surface area (Å²) in [7, 11) is 1.64. The van der Waals surface area contributed by atoms with Gasteiger partial charge in [0.2, 0.25) is 12.7 Å². The number of methoxy groups -OCH3 is 1. The van der Waals surface area contributed by atoms with E-state index in [-0.39, 0.29) is 24.7 Å². The van der Waals surface area contributed by atoms with Crippen molar-refractivity contribution >= 4 is 11.6 Å². The number of oxime groups is 1. The first-order chi connectivity index (χ1) is 14.5. The predicted molar refractivity (Wildman–Crippen MR) is 112 cm³/mol. The minimum Gasteiger partial charge on any atom is -0.497 e. The van der Waals surface area contributed by atoms with Crippen LogP contribution in [0.1, 0.15) is 31.4 Å². The molecule has 2 aliphatic heterocycles. The fourth-order valence-corrected chi connectivity index (χ4v) is 3.61. The Kier molecular flexibility index (Phi) is 5.79. The van der Waals surface area contributed by atoms with Gasteiger partial charge in [-0.1, -0.05) is 31.1 Å². The summed E-state index contributed by atoms with van der Waals surface area (Å²) in [4.78, 5) is 20.4. The molecule has 0 N–H and O–H groups in total. The lowest BCUT2D eigenvalue weighted by atomic mass is 10.0. The lowest BCUT2D eigenvalue weighted by Crippen LogP contribution is -2.39. The van der Waals surface area contributed by atoms with Crippen molar-refractivity contribution in [2.24, 2.45) is 11.1 Å². The van der Waals surface area contributed by atoms with Crippen LogP contribution in [0.15, 0.2) is 47.6 Å². The Labute approximate surface area is 176 Å². The molecular formula is C23H26N2O5. The van der Waals surface area contributed by atoms with Crippen LogP contribution in [-0.2, 0) is 16.2 Å². The van der Waals surface area contributed by atoms with E-state index in [1.54, 1.807) is 7.11 Å². The van der Waals surface area contributed by atoms with Gasteiger partial charge in [-0.3, -0.25) is 4.79 Å². The van der Waals surface area contributed by atoms with Gasteiger partial charge >= 0.3 is 0 Å². The standard InChI is InChI=1S/C23H26N2O5/c1-15(2)23(26)25(12-16-5-4-6-18(9-16)27-3)13-19-11-20(24-30-19)17-7-8-21-22(10-17)29-14-28-21/h4-10,15,19H,11-14H2,1-3H3/t19-/m1/s1. The number of hydrogen-bond donors (Lipinski definition) is 0. The maximum atomic E-state index is 12.8. The quantitative estimate of drug-likeness (QED) is 0.698. The number of carbonyl (C=O) groups is 1. The maximum absolute atomic E-state index is 12.8. The van der Waals surface area contributed by atoms with Crippen LogP contribution < -0.4 is 14.2 Å². The van der Waals surface area contributed by atoms with Crippen LogP contribution in [-0.4, -0.2) is 43.1 Å². The zero-order valence-corrected chi connectivity index (χ0v) is 17.5. The highest BCUT2D eigenvalue weighted by Crippen LogP contribution is 2.33. The molecule has 0 unspecified atom stereocenters. The van der Waals surface area contributed by atoms with E-state index >= 15 is 0 Å². The Balaban J connectivity index is 1.44. The molecule has 0 radical (unpaired) electrons. The van der Waals surface area contributed by atoms with Gasteiger partial charge in [-0.2, -0.15) is 0 Å². The molecule has 158 valence electrons. The second kappa shape index (κ2) is 8.65. The summed E-state index contributed by atoms with van der Waals surface area (Å²) in [5.41, 5.74) is 2.80. The SMILES string of the molecule is COc1cccc(CN(C[C@H]2CC(c3ccc4c(c3)OCO4)=NO2)C(=O)C(C)C)c1. The molecule has 2 heterocycles. The number of benzene rings is 2. The zero-order valence-electron chi connectivity index (χ0n) is 17.5. The summed E-state index contributed by atoms with van der Waals surface area (Å²) in [6.07, 6.45) is 0.429. The summed E-state index contributed by atoms with van der Waals surface area (Å²) < 4.78 is 16.1. The average molecular weight is 410 g/mol. The number of nitrogens with zero attached hydrogens (tertiary/aromatic N) is 2. The van der Waals surface area contributed by atoms with E-state index < -0.39 is 0 Å². The van der Waals surface area contributed by atoms with Crippen molar-refractivity contribution in [2.75, 3.05) is 20.4 Å². The van der Waals surface area contributed by atoms with Crippen molar-refractivity contribution in [3.05, 3.63) is 53.6 Å². The first-order valence-corrected chi connectivity index (χ1v) is 10.1. The van der Waals surface area contributed by atoms with Gasteiger partial charge in [0, 0.05) is 24.4 Å². The summed E-state index contributed by atoms with van der Waals surface area (Å²) in [5.74, 6) is 2.20. The van der Waals surface area contributed by atoms with Crippen LogP contribution in [0, 0.1) is 5.92 Å². The number of carbonyl (C=O) groups excluding carboxylic acids is 1. The highest BCUT2D eigenvalue weighted by atomic mass is 16.7. The zero-order chi connectivity index (χ0) is 21.1. The van der Waals surface area contributed by atoms with Gasteiger partial charge in [-0.05, 0) is 35.9 Å². The number of amides is 1. The highest BCUT2D eigenvalue weighted by Gasteiger charge is 2.28. The molecule has 7 nitrogen and oxygen atoms in total. The van der Waals surface area contributed by atoms with Crippen molar-refractivity contribution in [2.45, 2.75) is 32.9 Å². The number of ether oxygens (including phenoxy) is 3. The Hall–Kier alpha value is -3.22. The molecule has 30 heavy (non-hydrogen) atoms. The Bertz CT molecular complexity index is 956. The molecule has 0 fully saturated rings. The maximum Gasteiger partial charge on any atom is 0.231 e. The van der Waals surface area contributed by atoms with Crippen LogP contribution in [0.3, 0.4) is 0 Å². The lowest BCUT2D eigenvalue weighted by molar-refractivity contribution is -0.136. The van der Waals surface area contributed by atoms with E-state index in [1.165, 1.54) is 0 Å². The Morgan fingerprint density at radius 2 is 2.03 bits per heavy atom. The van der Waals surface area contributed by atoms with Gasteiger partial charge in [0.25, 0.3) is 0 Å². The van der Waals surface area contributed by atoms with Crippen LogP contribution in [0.25, 0.3) is 0 Å². The van der Waals surface area contributed by atoms with Gasteiger partial charge in [-0.15, -0.1) is 0 Å². The first-order valence-electron chi connectivity index (χ1n) is 10.1. The summed E-state index contributed by atoms with van der Waals surface area (Å²) in [5, 5.41) is 4.27. The molecule has 1 amide bonds. The van der Waals surface area contributed by atoms with E-state index in [0.29, 0.717) is 25.3 Å². The van der Waals surface area contributed by atoms with Crippen LogP contribution in [0.5, 0.6) is 17.2 Å². The van der Waals surface area contributed by atoms with Gasteiger partial charge in [0.1, 0.15) is 5.75 Å². The normalized spacial score (nSPS) is 16.9. The molecular weight excluding hydrogens is 384 g/mol. The molecule has 0 spiro atoms. The van der Waals surface area contributed by atoms with Crippen molar-refractivity contribution in [1.82, 2.24) is 4.90 Å². The van der Waals surface area contributed by atoms with Crippen molar-refractivity contribution in [3.63, 3.8) is 0 Å². The monoisotopic (exact) mass is 410 g/mol. The third-order valence-electron chi connectivity index (χ3n) is 5.18. The first kappa shape index (κ1) is 20.1. The minimum atomic E-state index is -0.196. The molecule has 2 aromatic carbocycles. The van der Waals surface area contributed by atoms with E-state index in [1.807, 2.05) is 61.2 Å². The Morgan fingerprint density at radius 3 is 2.83 bits per heavy atom. The van der Waals surface area contributed by atoms with E-state index in [9.17, 15) is 4.79 Å². The van der Waals surface area contributed by atoms with Crippen LogP contribution in [0.4, 0.5) is 0 Å². The molecule has 0 aromatic heterocycles. The number of rotatable bonds is 7.